The van der Waals surface area contributed by atoms with E-state index in [1.54, 1.807) is 24.3 Å². The first kappa shape index (κ1) is 17.6. The Kier molecular flexibility index (Phi) is 5.27. The molecule has 0 aromatic heterocycles. The molecule has 3 rings (SSSR count). The van der Waals surface area contributed by atoms with Crippen LogP contribution in [0.25, 0.3) is 0 Å². The van der Waals surface area contributed by atoms with Crippen LogP contribution in [0.3, 0.4) is 0 Å². The van der Waals surface area contributed by atoms with Crippen LogP contribution in [0.4, 0.5) is 0 Å². The second-order valence-electron chi connectivity index (χ2n) is 6.12. The van der Waals surface area contributed by atoms with Crippen LogP contribution in [0, 0.1) is 5.92 Å². The van der Waals surface area contributed by atoms with Crippen LogP contribution >= 0.6 is 0 Å². The summed E-state index contributed by atoms with van der Waals surface area (Å²) >= 11 is 0. The van der Waals surface area contributed by atoms with Crippen LogP contribution < -0.4 is 10.1 Å². The van der Waals surface area contributed by atoms with E-state index in [-0.39, 0.29) is 17.6 Å². The molecule has 0 aliphatic heterocycles. The molecule has 0 bridgehead atoms. The number of para-hydroxylation sites is 1. The lowest BCUT2D eigenvalue weighted by Gasteiger charge is -2.22. The van der Waals surface area contributed by atoms with Gasteiger partial charge in [0, 0.05) is 23.3 Å². The van der Waals surface area contributed by atoms with Crippen molar-refractivity contribution >= 4 is 5.91 Å². The van der Waals surface area contributed by atoms with Crippen LogP contribution in [0.15, 0.2) is 77.9 Å². The van der Waals surface area contributed by atoms with E-state index >= 15 is 0 Å². The zero-order valence-corrected chi connectivity index (χ0v) is 14.7. The number of carbonyl (C=O) groups is 1. The number of allylic oxidation sites excluding steroid dienone is 3. The maximum Gasteiger partial charge on any atom is 0.255 e. The van der Waals surface area contributed by atoms with Crippen molar-refractivity contribution in [3.8, 4) is 11.5 Å². The molecule has 1 aliphatic carbocycles. The van der Waals surface area contributed by atoms with E-state index in [0.29, 0.717) is 29.2 Å². The summed E-state index contributed by atoms with van der Waals surface area (Å²) in [5, 5.41) is 12.8. The van der Waals surface area contributed by atoms with Gasteiger partial charge in [-0.25, -0.2) is 0 Å². The van der Waals surface area contributed by atoms with Gasteiger partial charge in [0.2, 0.25) is 0 Å². The molecule has 1 atom stereocenters. The molecule has 2 N–H and O–H groups in total. The number of hydrogen-bond donors (Lipinski definition) is 2. The third-order valence-electron chi connectivity index (χ3n) is 4.13. The van der Waals surface area contributed by atoms with E-state index in [9.17, 15) is 9.90 Å². The average Bonchev–Trinajstić information content (AvgIpc) is 2.63. The minimum absolute atomic E-state index is 0.00180. The molecule has 26 heavy (non-hydrogen) atoms. The third kappa shape index (κ3) is 4.06. The highest BCUT2D eigenvalue weighted by Gasteiger charge is 2.22. The minimum atomic E-state index is -0.233. The molecule has 0 fully saturated rings. The number of ether oxygens (including phenoxy) is 2. The number of benzene rings is 2. The Morgan fingerprint density at radius 2 is 1.73 bits per heavy atom. The molecular formula is C21H21NO4. The van der Waals surface area contributed by atoms with Crippen molar-refractivity contribution in [1.82, 2.24) is 5.32 Å². The summed E-state index contributed by atoms with van der Waals surface area (Å²) in [7, 11) is 1.53. The molecule has 1 unspecified atom stereocenters. The minimum Gasteiger partial charge on any atom is -0.504 e. The first-order valence-electron chi connectivity index (χ1n) is 8.39. The summed E-state index contributed by atoms with van der Waals surface area (Å²) in [4.78, 5) is 12.4. The zero-order chi connectivity index (χ0) is 18.5. The standard InChI is InChI=1S/C21H21NO4/c1-14-12-16(13-19(23)20(14)25-2)22-21(24)15-8-10-18(11-9-15)26-17-6-4-3-5-7-17/h3-11,13-14,23H,12H2,1-2H3,(H,22,24). The highest BCUT2D eigenvalue weighted by atomic mass is 16.5. The molecule has 0 spiro atoms. The van der Waals surface area contributed by atoms with Crippen LogP contribution in [0.2, 0.25) is 0 Å². The first-order valence-corrected chi connectivity index (χ1v) is 8.39. The topological polar surface area (TPSA) is 67.8 Å². The third-order valence-corrected chi connectivity index (χ3v) is 4.13. The number of methoxy groups -OCH3 is 1. The van der Waals surface area contributed by atoms with Crippen LogP contribution in [0.1, 0.15) is 23.7 Å². The second kappa shape index (κ2) is 7.78. The number of aliphatic hydroxyl groups is 1. The van der Waals surface area contributed by atoms with Crippen LogP contribution in [-0.4, -0.2) is 18.1 Å². The Bertz CT molecular complexity index is 838. The Morgan fingerprint density at radius 3 is 2.35 bits per heavy atom. The van der Waals surface area contributed by atoms with Gasteiger partial charge in [0.15, 0.2) is 5.76 Å². The molecule has 0 heterocycles. The number of amides is 1. The summed E-state index contributed by atoms with van der Waals surface area (Å²) in [5.41, 5.74) is 1.17. The number of hydrogen-bond acceptors (Lipinski definition) is 4. The van der Waals surface area contributed by atoms with Gasteiger partial charge in [-0.05, 0) is 42.8 Å². The molecular weight excluding hydrogens is 330 g/mol. The quantitative estimate of drug-likeness (QED) is 0.829. The maximum atomic E-state index is 12.4. The Morgan fingerprint density at radius 1 is 1.08 bits per heavy atom. The van der Waals surface area contributed by atoms with E-state index < -0.39 is 0 Å². The van der Waals surface area contributed by atoms with E-state index in [1.165, 1.54) is 13.2 Å². The molecule has 2 aromatic carbocycles. The molecule has 0 saturated heterocycles. The fourth-order valence-electron chi connectivity index (χ4n) is 2.88. The summed E-state index contributed by atoms with van der Waals surface area (Å²) in [6.07, 6.45) is 2.12. The normalized spacial score (nSPS) is 16.7. The second-order valence-corrected chi connectivity index (χ2v) is 6.12. The summed E-state index contributed by atoms with van der Waals surface area (Å²) in [5.74, 6) is 1.75. The number of nitrogens with one attached hydrogen (secondary N) is 1. The summed E-state index contributed by atoms with van der Waals surface area (Å²) in [6.45, 7) is 1.93. The van der Waals surface area contributed by atoms with E-state index in [1.807, 2.05) is 37.3 Å². The van der Waals surface area contributed by atoms with Crippen molar-refractivity contribution in [3.63, 3.8) is 0 Å². The van der Waals surface area contributed by atoms with Gasteiger partial charge in [-0.2, -0.15) is 0 Å². The van der Waals surface area contributed by atoms with Gasteiger partial charge in [0.25, 0.3) is 5.91 Å². The van der Waals surface area contributed by atoms with Gasteiger partial charge in [-0.3, -0.25) is 4.79 Å². The predicted octanol–water partition coefficient (Wildman–Crippen LogP) is 4.55. The number of aliphatic hydroxyl groups excluding tert-OH is 1. The fourth-order valence-corrected chi connectivity index (χ4v) is 2.88. The van der Waals surface area contributed by atoms with Gasteiger partial charge in [0.05, 0.1) is 7.11 Å². The van der Waals surface area contributed by atoms with Gasteiger partial charge < -0.3 is 19.9 Å². The van der Waals surface area contributed by atoms with Crippen LogP contribution in [0.5, 0.6) is 11.5 Å². The summed E-state index contributed by atoms with van der Waals surface area (Å²) in [6, 6.07) is 16.4. The smallest absolute Gasteiger partial charge is 0.255 e. The Labute approximate surface area is 152 Å². The number of carbonyl (C=O) groups excluding carboxylic acids is 1. The monoisotopic (exact) mass is 351 g/mol. The van der Waals surface area contributed by atoms with Crippen molar-refractivity contribution in [1.29, 1.82) is 0 Å². The largest absolute Gasteiger partial charge is 0.504 e. The lowest BCUT2D eigenvalue weighted by molar-refractivity contribution is 0.0962. The molecule has 5 nitrogen and oxygen atoms in total. The van der Waals surface area contributed by atoms with Gasteiger partial charge in [0.1, 0.15) is 17.3 Å². The molecule has 0 saturated carbocycles. The van der Waals surface area contributed by atoms with Gasteiger partial charge in [-0.15, -0.1) is 0 Å². The fraction of sp³-hybridized carbons (Fsp3) is 0.190. The Balaban J connectivity index is 1.66. The predicted molar refractivity (Wildman–Crippen MR) is 99.0 cm³/mol. The molecule has 134 valence electrons. The SMILES string of the molecule is COC1=C(O)C=C(NC(=O)c2ccc(Oc3ccccc3)cc2)CC1C. The van der Waals surface area contributed by atoms with E-state index in [0.717, 1.165) is 5.75 Å². The van der Waals surface area contributed by atoms with Crippen molar-refractivity contribution in [2.75, 3.05) is 7.11 Å². The molecule has 2 aromatic rings. The first-order chi connectivity index (χ1) is 12.6. The van der Waals surface area contributed by atoms with Gasteiger partial charge in [-0.1, -0.05) is 25.1 Å². The summed E-state index contributed by atoms with van der Waals surface area (Å²) < 4.78 is 10.9. The maximum absolute atomic E-state index is 12.4. The zero-order valence-electron chi connectivity index (χ0n) is 14.7. The molecule has 0 radical (unpaired) electrons. The Hall–Kier alpha value is -3.21. The highest BCUT2D eigenvalue weighted by Crippen LogP contribution is 2.28. The lowest BCUT2D eigenvalue weighted by Crippen LogP contribution is -2.26. The van der Waals surface area contributed by atoms with Crippen LogP contribution in [-0.2, 0) is 4.74 Å². The van der Waals surface area contributed by atoms with Crippen molar-refractivity contribution < 1.29 is 19.4 Å². The lowest BCUT2D eigenvalue weighted by atomic mass is 9.96. The van der Waals surface area contributed by atoms with Crippen molar-refractivity contribution in [2.45, 2.75) is 13.3 Å². The highest BCUT2D eigenvalue weighted by molar-refractivity contribution is 5.95. The average molecular weight is 351 g/mol. The number of rotatable bonds is 5. The van der Waals surface area contributed by atoms with E-state index in [2.05, 4.69) is 5.32 Å². The van der Waals surface area contributed by atoms with E-state index in [4.69, 9.17) is 9.47 Å². The van der Waals surface area contributed by atoms with Crippen molar-refractivity contribution in [2.24, 2.45) is 5.92 Å². The molecule has 1 amide bonds. The van der Waals surface area contributed by atoms with Crippen molar-refractivity contribution in [3.05, 3.63) is 83.5 Å². The molecule has 5 heteroatoms. The van der Waals surface area contributed by atoms with Gasteiger partial charge >= 0.3 is 0 Å². The molecule has 1 aliphatic rings.